The summed E-state index contributed by atoms with van der Waals surface area (Å²) in [6.45, 7) is 4.09. The third-order valence-electron chi connectivity index (χ3n) is 8.81. The van der Waals surface area contributed by atoms with E-state index < -0.39 is 28.7 Å². The summed E-state index contributed by atoms with van der Waals surface area (Å²) < 4.78 is 71.5. The Hall–Kier alpha value is -2.24. The molecule has 0 aromatic heterocycles. The summed E-state index contributed by atoms with van der Waals surface area (Å²) in [6.07, 6.45) is 12.6. The quantitative estimate of drug-likeness (QED) is 0.211. The van der Waals surface area contributed by atoms with E-state index in [1.165, 1.54) is 37.8 Å². The first-order valence-corrected chi connectivity index (χ1v) is 14.6. The van der Waals surface area contributed by atoms with Crippen LogP contribution in [0, 0.1) is 29.2 Å². The average molecular weight is 535 g/mol. The normalized spacial score (nSPS) is 21.3. The van der Waals surface area contributed by atoms with Gasteiger partial charge in [-0.25, -0.2) is 8.78 Å². The van der Waals surface area contributed by atoms with Gasteiger partial charge in [0.05, 0.1) is 13.2 Å². The van der Waals surface area contributed by atoms with Gasteiger partial charge in [0.15, 0.2) is 23.1 Å². The maximum atomic E-state index is 15.2. The van der Waals surface area contributed by atoms with Crippen LogP contribution in [0.15, 0.2) is 24.3 Å². The highest BCUT2D eigenvalue weighted by Crippen LogP contribution is 2.44. The molecule has 2 aromatic carbocycles. The van der Waals surface area contributed by atoms with Crippen LogP contribution < -0.4 is 9.47 Å². The van der Waals surface area contributed by atoms with Crippen LogP contribution in [-0.4, -0.2) is 13.2 Å². The van der Waals surface area contributed by atoms with Crippen molar-refractivity contribution in [1.29, 1.82) is 0 Å². The van der Waals surface area contributed by atoms with Crippen molar-refractivity contribution in [2.24, 2.45) is 5.92 Å². The Bertz CT molecular complexity index is 1060. The lowest BCUT2D eigenvalue weighted by molar-refractivity contribution is 0.158. The summed E-state index contributed by atoms with van der Waals surface area (Å²) in [7, 11) is 0. The highest BCUT2D eigenvalue weighted by molar-refractivity contribution is 5.37. The lowest BCUT2D eigenvalue weighted by Gasteiger charge is -2.38. The monoisotopic (exact) mass is 534 g/mol. The van der Waals surface area contributed by atoms with Gasteiger partial charge in [0.25, 0.3) is 0 Å². The second-order valence-corrected chi connectivity index (χ2v) is 11.3. The van der Waals surface area contributed by atoms with Crippen LogP contribution >= 0.6 is 0 Å². The van der Waals surface area contributed by atoms with Gasteiger partial charge in [-0.15, -0.1) is 0 Å². The van der Waals surface area contributed by atoms with Crippen molar-refractivity contribution in [2.75, 3.05) is 13.2 Å². The number of hydrogen-bond donors (Lipinski definition) is 0. The summed E-state index contributed by atoms with van der Waals surface area (Å²) in [5.41, 5.74) is -0.175. The predicted molar refractivity (Wildman–Crippen MR) is 143 cm³/mol. The van der Waals surface area contributed by atoms with Gasteiger partial charge in [-0.3, -0.25) is 0 Å². The number of benzene rings is 2. The lowest BCUT2D eigenvalue weighted by Crippen LogP contribution is -2.37. The number of ether oxygens (including phenoxy) is 2. The fourth-order valence-electron chi connectivity index (χ4n) is 6.56. The Kier molecular flexibility index (Phi) is 10.00. The molecule has 0 N–H and O–H groups in total. The van der Waals surface area contributed by atoms with Crippen LogP contribution in [0.4, 0.5) is 17.6 Å². The maximum absolute atomic E-state index is 15.2. The fraction of sp³-hybridized carbons (Fsp3) is 0.625. The molecule has 210 valence electrons. The molecule has 0 heterocycles. The van der Waals surface area contributed by atoms with Crippen LogP contribution in [-0.2, 0) is 5.41 Å². The molecule has 2 nitrogen and oxygen atoms in total. The fourth-order valence-corrected chi connectivity index (χ4v) is 6.56. The van der Waals surface area contributed by atoms with Gasteiger partial charge >= 0.3 is 0 Å². The SMILES string of the molecule is CCCCC[C@H]1CC[C@H](c2ccc(OCC3(c4ccc(OCC)c(F)c4F)CCCCC3)c(F)c2F)CC1. The molecule has 0 unspecified atom stereocenters. The molecule has 2 fully saturated rings. The molecule has 6 heteroatoms. The Morgan fingerprint density at radius 3 is 2.08 bits per heavy atom. The molecule has 0 bridgehead atoms. The van der Waals surface area contributed by atoms with E-state index in [0.717, 1.165) is 44.9 Å². The van der Waals surface area contributed by atoms with E-state index in [4.69, 9.17) is 9.47 Å². The average Bonchev–Trinajstić information content (AvgIpc) is 2.93. The second kappa shape index (κ2) is 13.2. The molecule has 2 aliphatic carbocycles. The molecular weight excluding hydrogens is 492 g/mol. The van der Waals surface area contributed by atoms with Crippen molar-refractivity contribution < 1.29 is 27.0 Å². The number of halogens is 4. The first kappa shape index (κ1) is 28.8. The van der Waals surface area contributed by atoms with Crippen LogP contribution in [0.3, 0.4) is 0 Å². The Morgan fingerprint density at radius 2 is 1.39 bits per heavy atom. The third-order valence-corrected chi connectivity index (χ3v) is 8.81. The minimum Gasteiger partial charge on any atom is -0.491 e. The molecule has 0 saturated heterocycles. The first-order valence-electron chi connectivity index (χ1n) is 14.6. The van der Waals surface area contributed by atoms with Crippen molar-refractivity contribution in [2.45, 2.75) is 109 Å². The van der Waals surface area contributed by atoms with Gasteiger partial charge in [0, 0.05) is 11.0 Å². The minimum absolute atomic E-state index is 0.0200. The number of rotatable bonds is 11. The third kappa shape index (κ3) is 6.31. The largest absolute Gasteiger partial charge is 0.491 e. The molecule has 0 spiro atoms. The van der Waals surface area contributed by atoms with E-state index in [0.29, 0.717) is 24.3 Å². The highest BCUT2D eigenvalue weighted by atomic mass is 19.2. The van der Waals surface area contributed by atoms with E-state index in [-0.39, 0.29) is 36.2 Å². The molecule has 38 heavy (non-hydrogen) atoms. The van der Waals surface area contributed by atoms with Gasteiger partial charge in [0.2, 0.25) is 11.6 Å². The summed E-state index contributed by atoms with van der Waals surface area (Å²) in [5.74, 6) is -3.38. The van der Waals surface area contributed by atoms with Crippen LogP contribution in [0.25, 0.3) is 0 Å². The molecule has 0 aliphatic heterocycles. The van der Waals surface area contributed by atoms with E-state index >= 15 is 13.2 Å². The smallest absolute Gasteiger partial charge is 0.200 e. The van der Waals surface area contributed by atoms with Gasteiger partial charge in [-0.2, -0.15) is 8.78 Å². The van der Waals surface area contributed by atoms with Crippen LogP contribution in [0.2, 0.25) is 0 Å². The zero-order valence-electron chi connectivity index (χ0n) is 22.9. The van der Waals surface area contributed by atoms with Crippen molar-refractivity contribution in [3.8, 4) is 11.5 Å². The Balaban J connectivity index is 1.48. The standard InChI is InChI=1S/C32H42F4O2/c1-3-5-7-10-22-11-13-23(14-12-22)24-15-17-27(30(35)28(24)33)38-21-32(19-8-6-9-20-32)25-16-18-26(37-4-2)31(36)29(25)34/h15-18,22-23H,3-14,19-21H2,1-2H3/t22-,23-. The Morgan fingerprint density at radius 1 is 0.737 bits per heavy atom. The van der Waals surface area contributed by atoms with Gasteiger partial charge < -0.3 is 9.47 Å². The molecule has 2 aromatic rings. The molecule has 0 radical (unpaired) electrons. The van der Waals surface area contributed by atoms with E-state index in [1.54, 1.807) is 19.1 Å². The van der Waals surface area contributed by atoms with E-state index in [2.05, 4.69) is 6.92 Å². The number of hydrogen-bond acceptors (Lipinski definition) is 2. The van der Waals surface area contributed by atoms with E-state index in [1.807, 2.05) is 0 Å². The molecule has 2 saturated carbocycles. The maximum Gasteiger partial charge on any atom is 0.200 e. The summed E-state index contributed by atoms with van der Waals surface area (Å²) >= 11 is 0. The molecule has 2 aliphatic rings. The summed E-state index contributed by atoms with van der Waals surface area (Å²) in [4.78, 5) is 0. The van der Waals surface area contributed by atoms with Crippen molar-refractivity contribution in [1.82, 2.24) is 0 Å². The zero-order valence-corrected chi connectivity index (χ0v) is 22.9. The molecule has 4 rings (SSSR count). The first-order chi connectivity index (χ1) is 18.4. The number of unbranched alkanes of at least 4 members (excludes halogenated alkanes) is 2. The molecule has 0 amide bonds. The highest BCUT2D eigenvalue weighted by Gasteiger charge is 2.39. The van der Waals surface area contributed by atoms with Crippen molar-refractivity contribution >= 4 is 0 Å². The Labute approximate surface area is 225 Å². The lowest BCUT2D eigenvalue weighted by atomic mass is 9.69. The molecule has 0 atom stereocenters. The topological polar surface area (TPSA) is 18.5 Å². The van der Waals surface area contributed by atoms with Gasteiger partial charge in [-0.1, -0.05) is 64.0 Å². The van der Waals surface area contributed by atoms with Crippen molar-refractivity contribution in [3.63, 3.8) is 0 Å². The summed E-state index contributed by atoms with van der Waals surface area (Å²) in [5, 5.41) is 0. The second-order valence-electron chi connectivity index (χ2n) is 11.3. The van der Waals surface area contributed by atoms with Crippen molar-refractivity contribution in [3.05, 3.63) is 58.7 Å². The van der Waals surface area contributed by atoms with Crippen LogP contribution in [0.5, 0.6) is 11.5 Å². The van der Waals surface area contributed by atoms with E-state index in [9.17, 15) is 4.39 Å². The van der Waals surface area contributed by atoms with Crippen LogP contribution in [0.1, 0.15) is 114 Å². The predicted octanol–water partition coefficient (Wildman–Crippen LogP) is 9.78. The van der Waals surface area contributed by atoms with Gasteiger partial charge in [0.1, 0.15) is 0 Å². The minimum atomic E-state index is -1.02. The summed E-state index contributed by atoms with van der Waals surface area (Å²) in [6, 6.07) is 6.16. The molecular formula is C32H42F4O2. The van der Waals surface area contributed by atoms with Gasteiger partial charge in [-0.05, 0) is 75.0 Å². The zero-order chi connectivity index (χ0) is 27.1.